The van der Waals surface area contributed by atoms with Gasteiger partial charge >= 0.3 is 5.97 Å². The number of aliphatic carboxylic acids is 1. The predicted molar refractivity (Wildman–Crippen MR) is 77.5 cm³/mol. The largest absolute Gasteiger partial charge is 0.480 e. The molecule has 2 aliphatic rings. The van der Waals surface area contributed by atoms with E-state index < -0.39 is 15.8 Å². The van der Waals surface area contributed by atoms with Crippen molar-refractivity contribution in [1.82, 2.24) is 4.90 Å². The Morgan fingerprint density at radius 2 is 1.85 bits per heavy atom. The Labute approximate surface area is 121 Å². The predicted octanol–water partition coefficient (Wildman–Crippen LogP) is 1.53. The third-order valence-electron chi connectivity index (χ3n) is 4.61. The van der Waals surface area contributed by atoms with Crippen molar-refractivity contribution in [3.8, 4) is 0 Å². The van der Waals surface area contributed by atoms with E-state index >= 15 is 0 Å². The second-order valence-corrected chi connectivity index (χ2v) is 8.44. The molecule has 1 aliphatic carbocycles. The number of hydrogen-bond acceptors (Lipinski definition) is 4. The second kappa shape index (κ2) is 6.89. The first-order valence-corrected chi connectivity index (χ1v) is 9.45. The molecule has 0 bridgehead atoms. The third-order valence-corrected chi connectivity index (χ3v) is 6.36. The number of sulfone groups is 1. The van der Waals surface area contributed by atoms with Gasteiger partial charge in [-0.05, 0) is 25.3 Å². The highest BCUT2D eigenvalue weighted by atomic mass is 32.2. The Balaban J connectivity index is 1.88. The lowest BCUT2D eigenvalue weighted by atomic mass is 9.87. The Kier molecular flexibility index (Phi) is 5.43. The molecule has 116 valence electrons. The van der Waals surface area contributed by atoms with Crippen molar-refractivity contribution in [1.29, 1.82) is 0 Å². The zero-order valence-electron chi connectivity index (χ0n) is 12.0. The quantitative estimate of drug-likeness (QED) is 0.805. The first-order chi connectivity index (χ1) is 9.46. The number of carbonyl (C=O) groups is 1. The van der Waals surface area contributed by atoms with Gasteiger partial charge in [0.25, 0.3) is 0 Å². The molecule has 1 N–H and O–H groups in total. The van der Waals surface area contributed by atoms with Gasteiger partial charge in [0.1, 0.15) is 0 Å². The minimum absolute atomic E-state index is 0.0348. The average molecular weight is 303 g/mol. The van der Waals surface area contributed by atoms with Crippen LogP contribution in [0.4, 0.5) is 0 Å². The van der Waals surface area contributed by atoms with Crippen LogP contribution < -0.4 is 0 Å². The molecule has 0 aromatic heterocycles. The van der Waals surface area contributed by atoms with E-state index in [4.69, 9.17) is 5.11 Å². The first-order valence-electron chi connectivity index (χ1n) is 7.62. The lowest BCUT2D eigenvalue weighted by Gasteiger charge is -2.29. The van der Waals surface area contributed by atoms with Crippen molar-refractivity contribution >= 4 is 15.8 Å². The van der Waals surface area contributed by atoms with Crippen LogP contribution in [-0.2, 0) is 14.6 Å². The van der Waals surface area contributed by atoms with Crippen molar-refractivity contribution in [2.24, 2.45) is 5.92 Å². The molecule has 5 nitrogen and oxygen atoms in total. The average Bonchev–Trinajstić information content (AvgIpc) is 2.76. The second-order valence-electron chi connectivity index (χ2n) is 6.21. The fourth-order valence-corrected chi connectivity index (χ4v) is 5.21. The summed E-state index contributed by atoms with van der Waals surface area (Å²) in [6.45, 7) is 0.685. The summed E-state index contributed by atoms with van der Waals surface area (Å²) in [7, 11) is -2.95. The monoisotopic (exact) mass is 303 g/mol. The van der Waals surface area contributed by atoms with Gasteiger partial charge in [0.15, 0.2) is 9.84 Å². The van der Waals surface area contributed by atoms with Crippen molar-refractivity contribution in [3.05, 3.63) is 0 Å². The van der Waals surface area contributed by atoms with E-state index in [0.717, 1.165) is 13.0 Å². The molecule has 20 heavy (non-hydrogen) atoms. The lowest BCUT2D eigenvalue weighted by molar-refractivity contribution is -0.138. The van der Waals surface area contributed by atoms with Gasteiger partial charge in [-0.15, -0.1) is 0 Å². The van der Waals surface area contributed by atoms with E-state index in [2.05, 4.69) is 0 Å². The fraction of sp³-hybridized carbons (Fsp3) is 0.929. The molecule has 2 fully saturated rings. The SMILES string of the molecule is O=C(O)CN(CCC1CCCCC1)C1CCS(=O)(=O)C1. The van der Waals surface area contributed by atoms with E-state index in [9.17, 15) is 13.2 Å². The highest BCUT2D eigenvalue weighted by molar-refractivity contribution is 7.91. The third kappa shape index (κ3) is 4.74. The molecule has 0 aromatic carbocycles. The van der Waals surface area contributed by atoms with Crippen LogP contribution in [0.3, 0.4) is 0 Å². The van der Waals surface area contributed by atoms with Crippen LogP contribution >= 0.6 is 0 Å². The lowest BCUT2D eigenvalue weighted by Crippen LogP contribution is -2.41. The number of hydrogen-bond donors (Lipinski definition) is 1. The summed E-state index contributed by atoms with van der Waals surface area (Å²) in [5.74, 6) is 0.165. The smallest absolute Gasteiger partial charge is 0.317 e. The van der Waals surface area contributed by atoms with Crippen molar-refractivity contribution in [2.45, 2.75) is 51.0 Å². The Hall–Kier alpha value is -0.620. The molecule has 1 heterocycles. The van der Waals surface area contributed by atoms with Crippen LogP contribution in [0.2, 0.25) is 0 Å². The Morgan fingerprint density at radius 1 is 1.15 bits per heavy atom. The van der Waals surface area contributed by atoms with Gasteiger partial charge in [0.2, 0.25) is 0 Å². The molecule has 1 aliphatic heterocycles. The van der Waals surface area contributed by atoms with E-state index in [1.165, 1.54) is 32.1 Å². The van der Waals surface area contributed by atoms with Crippen molar-refractivity contribution < 1.29 is 18.3 Å². The maximum atomic E-state index is 11.6. The van der Waals surface area contributed by atoms with Gasteiger partial charge in [0.05, 0.1) is 18.1 Å². The van der Waals surface area contributed by atoms with E-state index in [0.29, 0.717) is 12.3 Å². The summed E-state index contributed by atoms with van der Waals surface area (Å²) in [4.78, 5) is 12.9. The molecule has 0 spiro atoms. The Morgan fingerprint density at radius 3 is 2.40 bits per heavy atom. The zero-order chi connectivity index (χ0) is 14.6. The molecule has 1 saturated heterocycles. The zero-order valence-corrected chi connectivity index (χ0v) is 12.8. The minimum atomic E-state index is -2.95. The topological polar surface area (TPSA) is 74.7 Å². The summed E-state index contributed by atoms with van der Waals surface area (Å²) >= 11 is 0. The number of carboxylic acid groups (broad SMARTS) is 1. The molecular weight excluding hydrogens is 278 g/mol. The normalized spacial score (nSPS) is 26.9. The van der Waals surface area contributed by atoms with E-state index in [1.807, 2.05) is 4.90 Å². The van der Waals surface area contributed by atoms with Crippen LogP contribution in [0.5, 0.6) is 0 Å². The summed E-state index contributed by atoms with van der Waals surface area (Å²) < 4.78 is 23.1. The Bertz CT molecular complexity index is 428. The molecule has 1 saturated carbocycles. The highest BCUT2D eigenvalue weighted by Crippen LogP contribution is 2.27. The highest BCUT2D eigenvalue weighted by Gasteiger charge is 2.33. The van der Waals surface area contributed by atoms with Crippen LogP contribution in [0.25, 0.3) is 0 Å². The molecule has 2 rings (SSSR count). The molecule has 1 atom stereocenters. The number of nitrogens with zero attached hydrogens (tertiary/aromatic N) is 1. The van der Waals surface area contributed by atoms with Crippen LogP contribution in [0, 0.1) is 5.92 Å². The van der Waals surface area contributed by atoms with E-state index in [-0.39, 0.29) is 24.1 Å². The number of rotatable bonds is 6. The minimum Gasteiger partial charge on any atom is -0.480 e. The molecule has 1 unspecified atom stereocenters. The van der Waals surface area contributed by atoms with Gasteiger partial charge in [0, 0.05) is 6.04 Å². The van der Waals surface area contributed by atoms with Gasteiger partial charge in [-0.2, -0.15) is 0 Å². The van der Waals surface area contributed by atoms with Crippen LogP contribution in [-0.4, -0.2) is 55.0 Å². The standard InChI is InChI=1S/C14H25NO4S/c16-14(17)10-15(13-7-9-20(18,19)11-13)8-6-12-4-2-1-3-5-12/h12-13H,1-11H2,(H,16,17). The van der Waals surface area contributed by atoms with Gasteiger partial charge < -0.3 is 5.11 Å². The summed E-state index contributed by atoms with van der Waals surface area (Å²) in [5, 5.41) is 9.02. The van der Waals surface area contributed by atoms with Gasteiger partial charge in [-0.3, -0.25) is 9.69 Å². The summed E-state index contributed by atoms with van der Waals surface area (Å²) in [5.41, 5.74) is 0. The molecule has 0 amide bonds. The van der Waals surface area contributed by atoms with Crippen molar-refractivity contribution in [3.63, 3.8) is 0 Å². The molecular formula is C14H25NO4S. The number of carboxylic acids is 1. The summed E-state index contributed by atoms with van der Waals surface area (Å²) in [6, 6.07) is -0.0975. The van der Waals surface area contributed by atoms with Crippen LogP contribution in [0.1, 0.15) is 44.9 Å². The van der Waals surface area contributed by atoms with Crippen LogP contribution in [0.15, 0.2) is 0 Å². The van der Waals surface area contributed by atoms with E-state index in [1.54, 1.807) is 0 Å². The van der Waals surface area contributed by atoms with Gasteiger partial charge in [-0.1, -0.05) is 32.1 Å². The molecule has 0 aromatic rings. The first kappa shape index (κ1) is 15.8. The van der Waals surface area contributed by atoms with Crippen molar-refractivity contribution in [2.75, 3.05) is 24.6 Å². The molecule has 6 heteroatoms. The van der Waals surface area contributed by atoms with Gasteiger partial charge in [-0.25, -0.2) is 8.42 Å². The maximum absolute atomic E-state index is 11.6. The maximum Gasteiger partial charge on any atom is 0.317 e. The summed E-state index contributed by atoms with van der Waals surface area (Å²) in [6.07, 6.45) is 7.94. The fourth-order valence-electron chi connectivity index (χ4n) is 3.45. The molecule has 0 radical (unpaired) electrons.